The van der Waals surface area contributed by atoms with Gasteiger partial charge in [-0.1, -0.05) is 41.4 Å². The Hall–Kier alpha value is -1.75. The van der Waals surface area contributed by atoms with Crippen LogP contribution in [0.2, 0.25) is 10.0 Å². The number of nitro benzene ring substituents is 1. The topological polar surface area (TPSA) is 105 Å². The molecular formula is C20H22Cl2N4O4S. The molecule has 0 radical (unpaired) electrons. The van der Waals surface area contributed by atoms with Gasteiger partial charge in [0.15, 0.2) is 4.90 Å². The van der Waals surface area contributed by atoms with E-state index in [1.807, 2.05) is 12.1 Å². The number of para-hydroxylation sites is 1. The van der Waals surface area contributed by atoms with Gasteiger partial charge in [0.25, 0.3) is 5.69 Å². The smallest absolute Gasteiger partial charge is 0.258 e. The molecule has 0 aliphatic carbocycles. The van der Waals surface area contributed by atoms with Crippen molar-refractivity contribution in [2.24, 2.45) is 5.92 Å². The zero-order chi connectivity index (χ0) is 22.2. The van der Waals surface area contributed by atoms with Gasteiger partial charge >= 0.3 is 0 Å². The van der Waals surface area contributed by atoms with E-state index >= 15 is 0 Å². The van der Waals surface area contributed by atoms with Crippen molar-refractivity contribution in [1.82, 2.24) is 15.2 Å². The zero-order valence-corrected chi connectivity index (χ0v) is 18.8. The molecule has 2 aliphatic rings. The monoisotopic (exact) mass is 484 g/mol. The van der Waals surface area contributed by atoms with Crippen molar-refractivity contribution in [3.8, 4) is 0 Å². The second-order valence-corrected chi connectivity index (χ2v) is 10.6. The fraction of sp³-hybridized carbons (Fsp3) is 0.400. The standard InChI is InChI=1S/C20H22Cl2N4O4S/c21-14-5-6-15(16(22)11-14)18-12-17(23-24-18)13-7-9-25(10-8-13)31(29,30)20-4-2-1-3-19(20)26(27)28/h1-6,11,13,17-18,23-24H,7-10,12H2. The summed E-state index contributed by atoms with van der Waals surface area (Å²) in [7, 11) is -3.92. The van der Waals surface area contributed by atoms with E-state index in [0.29, 0.717) is 36.0 Å². The van der Waals surface area contributed by atoms with Crippen LogP contribution in [0.5, 0.6) is 0 Å². The van der Waals surface area contributed by atoms with Crippen LogP contribution in [0, 0.1) is 16.0 Å². The largest absolute Gasteiger partial charge is 0.289 e. The highest BCUT2D eigenvalue weighted by Crippen LogP contribution is 2.36. The van der Waals surface area contributed by atoms with E-state index in [1.54, 1.807) is 6.07 Å². The summed E-state index contributed by atoms with van der Waals surface area (Å²) in [6.45, 7) is 0.646. The molecule has 2 aromatic carbocycles. The Morgan fingerprint density at radius 3 is 2.45 bits per heavy atom. The van der Waals surface area contributed by atoms with E-state index < -0.39 is 20.6 Å². The summed E-state index contributed by atoms with van der Waals surface area (Å²) < 4.78 is 27.4. The number of hydrazine groups is 1. The molecule has 2 aromatic rings. The molecule has 0 saturated carbocycles. The Morgan fingerprint density at radius 2 is 1.77 bits per heavy atom. The first-order valence-electron chi connectivity index (χ1n) is 9.97. The Labute approximate surface area is 190 Å². The van der Waals surface area contributed by atoms with E-state index in [0.717, 1.165) is 12.0 Å². The average Bonchev–Trinajstić information content (AvgIpc) is 3.23. The first-order valence-corrected chi connectivity index (χ1v) is 12.2. The lowest BCUT2D eigenvalue weighted by Gasteiger charge is -2.33. The van der Waals surface area contributed by atoms with Gasteiger partial charge in [-0.2, -0.15) is 4.31 Å². The molecule has 166 valence electrons. The van der Waals surface area contributed by atoms with Crippen LogP contribution in [0.25, 0.3) is 0 Å². The molecule has 2 unspecified atom stereocenters. The predicted octanol–water partition coefficient (Wildman–Crippen LogP) is 3.91. The van der Waals surface area contributed by atoms with Crippen molar-refractivity contribution in [2.75, 3.05) is 13.1 Å². The summed E-state index contributed by atoms with van der Waals surface area (Å²) in [5.41, 5.74) is 7.19. The highest BCUT2D eigenvalue weighted by Gasteiger charge is 2.38. The zero-order valence-electron chi connectivity index (χ0n) is 16.5. The Bertz CT molecular complexity index is 1090. The molecule has 0 bridgehead atoms. The van der Waals surface area contributed by atoms with E-state index in [1.165, 1.54) is 28.6 Å². The van der Waals surface area contributed by atoms with Crippen molar-refractivity contribution in [2.45, 2.75) is 36.2 Å². The van der Waals surface area contributed by atoms with E-state index in [4.69, 9.17) is 23.2 Å². The van der Waals surface area contributed by atoms with Gasteiger partial charge in [0.2, 0.25) is 10.0 Å². The van der Waals surface area contributed by atoms with Gasteiger partial charge in [0.05, 0.1) is 4.92 Å². The Morgan fingerprint density at radius 1 is 1.06 bits per heavy atom. The number of sulfonamides is 1. The molecule has 31 heavy (non-hydrogen) atoms. The Balaban J connectivity index is 1.41. The fourth-order valence-electron chi connectivity index (χ4n) is 4.36. The predicted molar refractivity (Wildman–Crippen MR) is 118 cm³/mol. The number of hydrogen-bond acceptors (Lipinski definition) is 6. The van der Waals surface area contributed by atoms with E-state index in [9.17, 15) is 18.5 Å². The van der Waals surface area contributed by atoms with Crippen LogP contribution in [-0.2, 0) is 10.0 Å². The molecule has 0 aromatic heterocycles. The normalized spacial score (nSPS) is 23.2. The van der Waals surface area contributed by atoms with Gasteiger partial charge < -0.3 is 0 Å². The third-order valence-electron chi connectivity index (χ3n) is 6.02. The van der Waals surface area contributed by atoms with Gasteiger partial charge in [0, 0.05) is 41.3 Å². The molecule has 11 heteroatoms. The second kappa shape index (κ2) is 9.01. The molecule has 2 saturated heterocycles. The number of nitrogens with zero attached hydrogens (tertiary/aromatic N) is 2. The summed E-state index contributed by atoms with van der Waals surface area (Å²) in [4.78, 5) is 10.3. The van der Waals surface area contributed by atoms with Crippen LogP contribution in [0.3, 0.4) is 0 Å². The minimum atomic E-state index is -3.92. The van der Waals surface area contributed by atoms with Crippen LogP contribution >= 0.6 is 23.2 Å². The molecule has 2 fully saturated rings. The Kier molecular flexibility index (Phi) is 6.52. The van der Waals surface area contributed by atoms with E-state index in [2.05, 4.69) is 10.9 Å². The average molecular weight is 485 g/mol. The highest BCUT2D eigenvalue weighted by molar-refractivity contribution is 7.89. The van der Waals surface area contributed by atoms with Crippen LogP contribution in [0.15, 0.2) is 47.4 Å². The summed E-state index contributed by atoms with van der Waals surface area (Å²) in [6, 6.07) is 11.1. The van der Waals surface area contributed by atoms with Crippen LogP contribution in [0.1, 0.15) is 30.9 Å². The molecule has 2 heterocycles. The summed E-state index contributed by atoms with van der Waals surface area (Å²) in [5.74, 6) is 0.279. The number of halogens is 2. The maximum atomic E-state index is 13.0. The summed E-state index contributed by atoms with van der Waals surface area (Å²) in [5, 5.41) is 12.5. The van der Waals surface area contributed by atoms with Gasteiger partial charge in [0.1, 0.15) is 0 Å². The first kappa shape index (κ1) is 22.4. The van der Waals surface area contributed by atoms with Crippen LogP contribution in [-0.4, -0.2) is 36.8 Å². The number of rotatable bonds is 5. The lowest BCUT2D eigenvalue weighted by Crippen LogP contribution is -2.44. The SMILES string of the molecule is O=[N+]([O-])c1ccccc1S(=O)(=O)N1CCC(C2CC(c3ccc(Cl)cc3Cl)NN2)CC1. The van der Waals surface area contributed by atoms with Gasteiger partial charge in [-0.25, -0.2) is 13.8 Å². The number of nitro groups is 1. The van der Waals surface area contributed by atoms with Gasteiger partial charge in [-0.15, -0.1) is 0 Å². The number of nitrogens with one attached hydrogen (secondary N) is 2. The number of benzene rings is 2. The third kappa shape index (κ3) is 4.57. The fourth-order valence-corrected chi connectivity index (χ4v) is 6.53. The van der Waals surface area contributed by atoms with Crippen LogP contribution in [0.4, 0.5) is 5.69 Å². The molecule has 0 amide bonds. The van der Waals surface area contributed by atoms with Crippen molar-refractivity contribution in [1.29, 1.82) is 0 Å². The van der Waals surface area contributed by atoms with Gasteiger partial charge in [-0.3, -0.25) is 15.5 Å². The quantitative estimate of drug-likeness (QED) is 0.492. The van der Waals surface area contributed by atoms with Crippen molar-refractivity contribution in [3.05, 3.63) is 68.2 Å². The molecule has 4 rings (SSSR count). The number of piperidine rings is 1. The molecule has 8 nitrogen and oxygen atoms in total. The molecule has 2 atom stereocenters. The van der Waals surface area contributed by atoms with Crippen molar-refractivity contribution in [3.63, 3.8) is 0 Å². The van der Waals surface area contributed by atoms with Crippen LogP contribution < -0.4 is 10.9 Å². The van der Waals surface area contributed by atoms with E-state index in [-0.39, 0.29) is 22.9 Å². The maximum Gasteiger partial charge on any atom is 0.289 e. The van der Waals surface area contributed by atoms with Gasteiger partial charge in [-0.05, 0) is 48.9 Å². The molecule has 2 N–H and O–H groups in total. The minimum Gasteiger partial charge on any atom is -0.258 e. The summed E-state index contributed by atoms with van der Waals surface area (Å²) in [6.07, 6.45) is 2.16. The lowest BCUT2D eigenvalue weighted by atomic mass is 9.87. The molecule has 0 spiro atoms. The molecular weight excluding hydrogens is 463 g/mol. The maximum absolute atomic E-state index is 13.0. The summed E-state index contributed by atoms with van der Waals surface area (Å²) >= 11 is 12.3. The second-order valence-electron chi connectivity index (χ2n) is 7.82. The minimum absolute atomic E-state index is 0.0449. The highest BCUT2D eigenvalue weighted by atomic mass is 35.5. The van der Waals surface area contributed by atoms with Crippen molar-refractivity contribution >= 4 is 38.9 Å². The molecule has 2 aliphatic heterocycles. The van der Waals surface area contributed by atoms with Crippen molar-refractivity contribution < 1.29 is 13.3 Å². The third-order valence-corrected chi connectivity index (χ3v) is 8.53. The first-order chi connectivity index (χ1) is 14.8. The lowest BCUT2D eigenvalue weighted by molar-refractivity contribution is -0.387. The number of hydrogen-bond donors (Lipinski definition) is 2.